The zero-order chi connectivity index (χ0) is 19.4. The first-order valence-electron chi connectivity index (χ1n) is 9.28. The number of H-pyrrole nitrogens is 1. The number of amides is 1. The van der Waals surface area contributed by atoms with Gasteiger partial charge >= 0.3 is 0 Å². The molecule has 3 rings (SSSR count). The number of carbonyl (C=O) groups is 2. The predicted molar refractivity (Wildman–Crippen MR) is 104 cm³/mol. The van der Waals surface area contributed by atoms with Crippen molar-refractivity contribution in [2.24, 2.45) is 0 Å². The molecular formula is C19H26N6O2. The van der Waals surface area contributed by atoms with E-state index in [-0.39, 0.29) is 11.9 Å². The van der Waals surface area contributed by atoms with Gasteiger partial charge in [-0.2, -0.15) is 0 Å². The van der Waals surface area contributed by atoms with Crippen LogP contribution in [0.5, 0.6) is 0 Å². The minimum Gasteiger partial charge on any atom is -0.357 e. The molecule has 3 heterocycles. The van der Waals surface area contributed by atoms with Gasteiger partial charge in [-0.25, -0.2) is 9.97 Å². The van der Waals surface area contributed by atoms with Gasteiger partial charge in [0, 0.05) is 50.7 Å². The van der Waals surface area contributed by atoms with E-state index in [1.54, 1.807) is 6.20 Å². The Bertz CT molecular complexity index is 810. The summed E-state index contributed by atoms with van der Waals surface area (Å²) in [5.74, 6) is 0.547. The van der Waals surface area contributed by atoms with E-state index in [0.29, 0.717) is 37.8 Å². The van der Waals surface area contributed by atoms with Gasteiger partial charge in [-0.3, -0.25) is 9.69 Å². The second-order valence-electron chi connectivity index (χ2n) is 6.76. The topological polar surface area (TPSA) is 94.2 Å². The number of hydrogen-bond acceptors (Lipinski definition) is 6. The number of nitrogens with zero attached hydrogens (tertiary/aromatic N) is 4. The van der Waals surface area contributed by atoms with Crippen molar-refractivity contribution in [2.75, 3.05) is 38.0 Å². The molecule has 1 saturated heterocycles. The molecule has 2 aromatic heterocycles. The van der Waals surface area contributed by atoms with Crippen molar-refractivity contribution < 1.29 is 9.59 Å². The highest BCUT2D eigenvalue weighted by Gasteiger charge is 2.25. The summed E-state index contributed by atoms with van der Waals surface area (Å²) in [5.41, 5.74) is 3.17. The Morgan fingerprint density at radius 3 is 2.78 bits per heavy atom. The Morgan fingerprint density at radius 2 is 2.11 bits per heavy atom. The van der Waals surface area contributed by atoms with Crippen LogP contribution in [-0.2, 0) is 4.79 Å². The van der Waals surface area contributed by atoms with Crippen LogP contribution < -0.4 is 5.32 Å². The largest absolute Gasteiger partial charge is 0.357 e. The number of carbonyl (C=O) groups excluding carboxylic acids is 2. The second kappa shape index (κ2) is 8.30. The van der Waals surface area contributed by atoms with Crippen molar-refractivity contribution in [2.45, 2.75) is 26.8 Å². The maximum Gasteiger partial charge on any atom is 0.270 e. The fraction of sp³-hybridized carbons (Fsp3) is 0.474. The van der Waals surface area contributed by atoms with Crippen LogP contribution in [0.2, 0.25) is 0 Å². The molecule has 1 atom stereocenters. The molecule has 1 aliphatic heterocycles. The van der Waals surface area contributed by atoms with Crippen molar-refractivity contribution in [3.05, 3.63) is 29.7 Å². The molecule has 2 aromatic rings. The van der Waals surface area contributed by atoms with Crippen LogP contribution in [0, 0.1) is 6.92 Å². The quantitative estimate of drug-likeness (QED) is 0.750. The molecule has 1 amide bonds. The van der Waals surface area contributed by atoms with Gasteiger partial charge in [-0.15, -0.1) is 0 Å². The summed E-state index contributed by atoms with van der Waals surface area (Å²) in [5, 5.41) is 3.11. The lowest BCUT2D eigenvalue weighted by atomic mass is 10.1. The Balaban J connectivity index is 1.72. The smallest absolute Gasteiger partial charge is 0.270 e. The first kappa shape index (κ1) is 19.0. The number of nitrogens with one attached hydrogen (secondary N) is 2. The molecule has 1 unspecified atom stereocenters. The number of aromatic nitrogens is 3. The van der Waals surface area contributed by atoms with Gasteiger partial charge < -0.3 is 20.0 Å². The predicted octanol–water partition coefficient (Wildman–Crippen LogP) is 1.56. The average molecular weight is 370 g/mol. The zero-order valence-corrected chi connectivity index (χ0v) is 16.0. The maximum atomic E-state index is 12.8. The minimum atomic E-state index is -0.106. The van der Waals surface area contributed by atoms with E-state index in [1.807, 2.05) is 37.9 Å². The molecule has 0 aromatic carbocycles. The Hall–Kier alpha value is -2.74. The highest BCUT2D eigenvalue weighted by molar-refractivity contribution is 5.94. The van der Waals surface area contributed by atoms with Gasteiger partial charge in [0.1, 0.15) is 12.0 Å². The van der Waals surface area contributed by atoms with Gasteiger partial charge in [0.25, 0.3) is 5.91 Å². The molecule has 0 saturated carbocycles. The minimum absolute atomic E-state index is 0.0294. The Morgan fingerprint density at radius 1 is 1.37 bits per heavy atom. The summed E-state index contributed by atoms with van der Waals surface area (Å²) in [6, 6.07) is 1.74. The fourth-order valence-corrected chi connectivity index (χ4v) is 3.22. The standard InChI is InChI=1S/C19H26N6O2/c1-4-20-19-22-10-13(2)17(23-19)15-9-16(21-11-15)18(27)25-7-5-24(6-8-25)14(3)12-26/h9-12,14,21H,4-8H2,1-3H3,(H,20,22,23). The second-order valence-corrected chi connectivity index (χ2v) is 6.76. The molecule has 0 radical (unpaired) electrons. The molecule has 1 fully saturated rings. The zero-order valence-electron chi connectivity index (χ0n) is 16.0. The summed E-state index contributed by atoms with van der Waals surface area (Å²) in [4.78, 5) is 39.5. The van der Waals surface area contributed by atoms with Gasteiger partial charge in [0.2, 0.25) is 5.95 Å². The molecule has 8 heteroatoms. The van der Waals surface area contributed by atoms with Crippen molar-refractivity contribution in [1.82, 2.24) is 24.8 Å². The molecule has 1 aliphatic rings. The number of aldehydes is 1. The molecule has 0 bridgehead atoms. The van der Waals surface area contributed by atoms with Crippen LogP contribution in [0.25, 0.3) is 11.3 Å². The van der Waals surface area contributed by atoms with Crippen LogP contribution >= 0.6 is 0 Å². The summed E-state index contributed by atoms with van der Waals surface area (Å²) in [7, 11) is 0. The Kier molecular flexibility index (Phi) is 5.85. The molecular weight excluding hydrogens is 344 g/mol. The highest BCUT2D eigenvalue weighted by atomic mass is 16.2. The Labute approximate surface area is 159 Å². The fourth-order valence-electron chi connectivity index (χ4n) is 3.22. The third kappa shape index (κ3) is 4.16. The van der Waals surface area contributed by atoms with Gasteiger partial charge in [0.05, 0.1) is 11.7 Å². The van der Waals surface area contributed by atoms with E-state index in [2.05, 4.69) is 25.2 Å². The van der Waals surface area contributed by atoms with E-state index >= 15 is 0 Å². The molecule has 2 N–H and O–H groups in total. The summed E-state index contributed by atoms with van der Waals surface area (Å²) in [6.45, 7) is 9.21. The number of aryl methyl sites for hydroxylation is 1. The monoisotopic (exact) mass is 370 g/mol. The van der Waals surface area contributed by atoms with Crippen molar-refractivity contribution in [3.8, 4) is 11.3 Å². The lowest BCUT2D eigenvalue weighted by Crippen LogP contribution is -2.51. The molecule has 0 spiro atoms. The van der Waals surface area contributed by atoms with Crippen LogP contribution in [0.15, 0.2) is 18.5 Å². The van der Waals surface area contributed by atoms with E-state index in [1.165, 1.54) is 0 Å². The van der Waals surface area contributed by atoms with Crippen LogP contribution in [0.1, 0.15) is 29.9 Å². The number of aromatic amines is 1. The summed E-state index contributed by atoms with van der Waals surface area (Å²) in [6.07, 6.45) is 4.53. The van der Waals surface area contributed by atoms with E-state index in [0.717, 1.165) is 29.7 Å². The number of piperazine rings is 1. The van der Waals surface area contributed by atoms with Crippen LogP contribution in [0.4, 0.5) is 5.95 Å². The van der Waals surface area contributed by atoms with Crippen LogP contribution in [0.3, 0.4) is 0 Å². The van der Waals surface area contributed by atoms with Crippen molar-refractivity contribution in [1.29, 1.82) is 0 Å². The van der Waals surface area contributed by atoms with Gasteiger partial charge in [0.15, 0.2) is 0 Å². The lowest BCUT2D eigenvalue weighted by Gasteiger charge is -2.36. The lowest BCUT2D eigenvalue weighted by molar-refractivity contribution is -0.112. The van der Waals surface area contributed by atoms with E-state index in [4.69, 9.17) is 0 Å². The SMILES string of the molecule is CCNc1ncc(C)c(-c2c[nH]c(C(=O)N3CCN(C(C)C=O)CC3)c2)n1. The number of hydrogen-bond donors (Lipinski definition) is 2. The van der Waals surface area contributed by atoms with E-state index in [9.17, 15) is 9.59 Å². The molecule has 0 aliphatic carbocycles. The normalized spacial score (nSPS) is 16.2. The molecule has 144 valence electrons. The number of anilines is 1. The number of rotatable bonds is 6. The molecule has 8 nitrogen and oxygen atoms in total. The third-order valence-electron chi connectivity index (χ3n) is 4.87. The maximum absolute atomic E-state index is 12.8. The van der Waals surface area contributed by atoms with Crippen LogP contribution in [-0.4, -0.2) is 75.7 Å². The highest BCUT2D eigenvalue weighted by Crippen LogP contribution is 2.23. The first-order valence-corrected chi connectivity index (χ1v) is 9.28. The first-order chi connectivity index (χ1) is 13.0. The van der Waals surface area contributed by atoms with Crippen molar-refractivity contribution >= 4 is 18.1 Å². The average Bonchev–Trinajstić information content (AvgIpc) is 3.18. The summed E-state index contributed by atoms with van der Waals surface area (Å²) >= 11 is 0. The third-order valence-corrected chi connectivity index (χ3v) is 4.87. The van der Waals surface area contributed by atoms with Crippen molar-refractivity contribution in [3.63, 3.8) is 0 Å². The van der Waals surface area contributed by atoms with Gasteiger partial charge in [-0.05, 0) is 32.4 Å². The van der Waals surface area contributed by atoms with E-state index < -0.39 is 0 Å². The van der Waals surface area contributed by atoms with Gasteiger partial charge in [-0.1, -0.05) is 0 Å². The summed E-state index contributed by atoms with van der Waals surface area (Å²) < 4.78 is 0. The molecule has 27 heavy (non-hydrogen) atoms.